The maximum atomic E-state index is 11.1. The van der Waals surface area contributed by atoms with Crippen LogP contribution in [0.25, 0.3) is 11.0 Å². The van der Waals surface area contributed by atoms with Crippen LogP contribution in [0.2, 0.25) is 0 Å². The van der Waals surface area contributed by atoms with Crippen LogP contribution in [0.3, 0.4) is 0 Å². The molecule has 4 heteroatoms. The van der Waals surface area contributed by atoms with Crippen molar-refractivity contribution < 1.29 is 9.90 Å². The fourth-order valence-electron chi connectivity index (χ4n) is 3.47. The van der Waals surface area contributed by atoms with Crippen molar-refractivity contribution in [3.8, 4) is 0 Å². The van der Waals surface area contributed by atoms with Gasteiger partial charge >= 0.3 is 5.97 Å². The van der Waals surface area contributed by atoms with Gasteiger partial charge in [0.25, 0.3) is 0 Å². The number of hydrogen-bond donors (Lipinski definition) is 1. The highest BCUT2D eigenvalue weighted by atomic mass is 16.4. The average Bonchev–Trinajstić information content (AvgIpc) is 2.60. The van der Waals surface area contributed by atoms with E-state index in [1.165, 1.54) is 0 Å². The van der Waals surface area contributed by atoms with Crippen molar-refractivity contribution in [2.24, 2.45) is 5.41 Å². The fourth-order valence-corrected chi connectivity index (χ4v) is 3.47. The monoisotopic (exact) mass is 288 g/mol. The molecule has 1 aromatic heterocycles. The van der Waals surface area contributed by atoms with Crippen LogP contribution in [0.15, 0.2) is 18.2 Å². The number of hydrogen-bond acceptors (Lipinski definition) is 2. The highest BCUT2D eigenvalue weighted by Gasteiger charge is 2.30. The lowest BCUT2D eigenvalue weighted by molar-refractivity contribution is 0.0697. The molecule has 0 saturated carbocycles. The van der Waals surface area contributed by atoms with Crippen LogP contribution in [-0.2, 0) is 5.54 Å². The smallest absolute Gasteiger partial charge is 0.335 e. The second-order valence-electron chi connectivity index (χ2n) is 7.55. The Morgan fingerprint density at radius 2 is 1.86 bits per heavy atom. The molecule has 1 heterocycles. The Morgan fingerprint density at radius 3 is 2.38 bits per heavy atom. The molecule has 1 aromatic carbocycles. The third-order valence-electron chi connectivity index (χ3n) is 3.64. The predicted molar refractivity (Wildman–Crippen MR) is 84.8 cm³/mol. The van der Waals surface area contributed by atoms with Gasteiger partial charge in [-0.2, -0.15) is 0 Å². The first-order chi connectivity index (χ1) is 9.51. The van der Waals surface area contributed by atoms with Crippen LogP contribution in [0.4, 0.5) is 0 Å². The number of carboxylic acids is 1. The van der Waals surface area contributed by atoms with E-state index in [4.69, 9.17) is 5.11 Å². The van der Waals surface area contributed by atoms with Crippen LogP contribution in [-0.4, -0.2) is 20.6 Å². The minimum Gasteiger partial charge on any atom is -0.478 e. The molecule has 0 atom stereocenters. The summed E-state index contributed by atoms with van der Waals surface area (Å²) in [6.07, 6.45) is 1.01. The molecule has 2 aromatic rings. The van der Waals surface area contributed by atoms with Crippen molar-refractivity contribution in [1.82, 2.24) is 9.55 Å². The van der Waals surface area contributed by atoms with E-state index in [-0.39, 0.29) is 16.5 Å². The highest BCUT2D eigenvalue weighted by Crippen LogP contribution is 2.35. The van der Waals surface area contributed by atoms with Gasteiger partial charge in [-0.25, -0.2) is 9.78 Å². The fraction of sp³-hybridized carbons (Fsp3) is 0.529. The topological polar surface area (TPSA) is 55.1 Å². The zero-order chi connectivity index (χ0) is 16.0. The maximum absolute atomic E-state index is 11.1. The zero-order valence-electron chi connectivity index (χ0n) is 13.7. The Labute approximate surface area is 125 Å². The molecule has 1 N–H and O–H groups in total. The molecule has 0 saturated heterocycles. The van der Waals surface area contributed by atoms with Gasteiger partial charge in [0.05, 0.1) is 16.6 Å². The summed E-state index contributed by atoms with van der Waals surface area (Å²) < 4.78 is 2.22. The molecule has 0 aliphatic rings. The van der Waals surface area contributed by atoms with E-state index in [2.05, 4.69) is 44.2 Å². The van der Waals surface area contributed by atoms with Crippen LogP contribution >= 0.6 is 0 Å². The number of fused-ring (bicyclic) bond motifs is 1. The highest BCUT2D eigenvalue weighted by molar-refractivity contribution is 5.92. The SMILES string of the molecule is Cc1nc2cc(C(=O)O)ccc2n1C(C)(C)CC(C)(C)C. The molecular weight excluding hydrogens is 264 g/mol. The normalized spacial score (nSPS) is 12.9. The number of carbonyl (C=O) groups is 1. The molecular formula is C17H24N2O2. The maximum Gasteiger partial charge on any atom is 0.335 e. The van der Waals surface area contributed by atoms with Crippen molar-refractivity contribution >= 4 is 17.0 Å². The van der Waals surface area contributed by atoms with Gasteiger partial charge in [0.2, 0.25) is 0 Å². The average molecular weight is 288 g/mol. The first-order valence-electron chi connectivity index (χ1n) is 7.24. The van der Waals surface area contributed by atoms with Crippen molar-refractivity contribution in [2.75, 3.05) is 0 Å². The van der Waals surface area contributed by atoms with Crippen molar-refractivity contribution in [3.05, 3.63) is 29.6 Å². The molecule has 21 heavy (non-hydrogen) atoms. The van der Waals surface area contributed by atoms with Crippen molar-refractivity contribution in [3.63, 3.8) is 0 Å². The van der Waals surface area contributed by atoms with Crippen molar-refractivity contribution in [1.29, 1.82) is 0 Å². The predicted octanol–water partition coefficient (Wildman–Crippen LogP) is 4.21. The molecule has 2 rings (SSSR count). The van der Waals surface area contributed by atoms with Gasteiger partial charge in [-0.15, -0.1) is 0 Å². The number of carboxylic acid groups (broad SMARTS) is 1. The number of nitrogens with zero attached hydrogens (tertiary/aromatic N) is 2. The first-order valence-corrected chi connectivity index (χ1v) is 7.24. The Kier molecular flexibility index (Phi) is 3.60. The number of aromatic carboxylic acids is 1. The largest absolute Gasteiger partial charge is 0.478 e. The summed E-state index contributed by atoms with van der Waals surface area (Å²) in [6.45, 7) is 13.1. The molecule has 0 fully saturated rings. The summed E-state index contributed by atoms with van der Waals surface area (Å²) in [5, 5.41) is 9.10. The van der Waals surface area contributed by atoms with Gasteiger partial charge in [-0.1, -0.05) is 20.8 Å². The molecule has 0 radical (unpaired) electrons. The molecule has 0 amide bonds. The number of benzene rings is 1. The zero-order valence-corrected chi connectivity index (χ0v) is 13.7. The minimum atomic E-state index is -0.918. The summed E-state index contributed by atoms with van der Waals surface area (Å²) in [6, 6.07) is 5.16. The van der Waals surface area contributed by atoms with E-state index < -0.39 is 5.97 Å². The van der Waals surface area contributed by atoms with Gasteiger partial charge in [-0.05, 0) is 50.8 Å². The summed E-state index contributed by atoms with van der Waals surface area (Å²) in [7, 11) is 0. The molecule has 0 aliphatic carbocycles. The van der Waals surface area contributed by atoms with Crippen LogP contribution < -0.4 is 0 Å². The van der Waals surface area contributed by atoms with Crippen LogP contribution in [0, 0.1) is 12.3 Å². The summed E-state index contributed by atoms with van der Waals surface area (Å²) in [5.74, 6) is -0.000145. The Bertz CT molecular complexity index is 691. The molecule has 0 aliphatic heterocycles. The van der Waals surface area contributed by atoms with E-state index in [1.807, 2.05) is 13.0 Å². The Balaban J connectivity index is 2.59. The van der Waals surface area contributed by atoms with Gasteiger partial charge in [0.1, 0.15) is 5.82 Å². The van der Waals surface area contributed by atoms with Crippen LogP contribution in [0.1, 0.15) is 57.2 Å². The van der Waals surface area contributed by atoms with Gasteiger partial charge < -0.3 is 9.67 Å². The lowest BCUT2D eigenvalue weighted by atomic mass is 9.81. The van der Waals surface area contributed by atoms with Crippen LogP contribution in [0.5, 0.6) is 0 Å². The second kappa shape index (κ2) is 4.86. The summed E-state index contributed by atoms with van der Waals surface area (Å²) in [5.41, 5.74) is 2.14. The lowest BCUT2D eigenvalue weighted by Gasteiger charge is -2.35. The Hall–Kier alpha value is -1.84. The van der Waals surface area contributed by atoms with E-state index in [0.717, 1.165) is 23.3 Å². The molecule has 114 valence electrons. The minimum absolute atomic E-state index is 0.0815. The van der Waals surface area contributed by atoms with E-state index in [9.17, 15) is 4.79 Å². The third-order valence-corrected chi connectivity index (χ3v) is 3.64. The second-order valence-corrected chi connectivity index (χ2v) is 7.55. The van der Waals surface area contributed by atoms with Crippen molar-refractivity contribution in [2.45, 2.75) is 53.5 Å². The quantitative estimate of drug-likeness (QED) is 0.920. The molecule has 0 spiro atoms. The third kappa shape index (κ3) is 3.09. The number of rotatable bonds is 3. The Morgan fingerprint density at radius 1 is 1.24 bits per heavy atom. The van der Waals surface area contributed by atoms with Gasteiger partial charge in [0.15, 0.2) is 0 Å². The lowest BCUT2D eigenvalue weighted by Crippen LogP contribution is -2.32. The number of imidazole rings is 1. The molecule has 0 unspecified atom stereocenters. The van der Waals surface area contributed by atoms with Gasteiger partial charge in [-0.3, -0.25) is 0 Å². The van der Waals surface area contributed by atoms with E-state index >= 15 is 0 Å². The van der Waals surface area contributed by atoms with E-state index in [1.54, 1.807) is 12.1 Å². The summed E-state index contributed by atoms with van der Waals surface area (Å²) >= 11 is 0. The van der Waals surface area contributed by atoms with E-state index in [0.29, 0.717) is 0 Å². The first kappa shape index (κ1) is 15.5. The summed E-state index contributed by atoms with van der Waals surface area (Å²) in [4.78, 5) is 15.6. The molecule has 0 bridgehead atoms. The standard InChI is InChI=1S/C17H24N2O2/c1-11-18-13-9-12(15(20)21)7-8-14(13)19(11)17(5,6)10-16(2,3)4/h7-9H,10H2,1-6H3,(H,20,21). The van der Waals surface area contributed by atoms with Gasteiger partial charge in [0, 0.05) is 5.54 Å². The number of aryl methyl sites for hydroxylation is 1. The number of aromatic nitrogens is 2. The molecule has 4 nitrogen and oxygen atoms in total.